The van der Waals surface area contributed by atoms with Gasteiger partial charge in [-0.3, -0.25) is 0 Å². The summed E-state index contributed by atoms with van der Waals surface area (Å²) in [6.07, 6.45) is 25.0. The molecule has 0 aromatic carbocycles. The lowest BCUT2D eigenvalue weighted by atomic mass is 9.88. The number of carbonyl (C=O) groups is 1. The third-order valence-corrected chi connectivity index (χ3v) is 9.32. The van der Waals surface area contributed by atoms with Gasteiger partial charge in [0.05, 0.1) is 0 Å². The molecule has 0 saturated carbocycles. The summed E-state index contributed by atoms with van der Waals surface area (Å²) in [6.45, 7) is 22.9. The van der Waals surface area contributed by atoms with E-state index in [-0.39, 0.29) is 11.6 Å². The standard InChI is InChI=1S/C37H76N2O/c1-10-14-17-18-20-27-37(9,26-19-15-11-2)38-36(40)39(28-21-24-34(7)30-32(5)22-13-4)29-25-35(8)31-33(6)23-16-12-3/h32-35H,10-31H2,1-9H3,(H,38,40). The minimum absolute atomic E-state index is 0.0835. The predicted octanol–water partition coefficient (Wildman–Crippen LogP) is 12.2. The smallest absolute Gasteiger partial charge is 0.317 e. The molecular formula is C37H76N2O. The molecule has 240 valence electrons. The lowest BCUT2D eigenvalue weighted by Crippen LogP contribution is -2.52. The van der Waals surface area contributed by atoms with E-state index < -0.39 is 0 Å². The fourth-order valence-corrected chi connectivity index (χ4v) is 6.68. The molecule has 40 heavy (non-hydrogen) atoms. The van der Waals surface area contributed by atoms with E-state index in [1.165, 1.54) is 103 Å². The molecule has 0 aliphatic carbocycles. The first-order valence-corrected chi connectivity index (χ1v) is 18.2. The van der Waals surface area contributed by atoms with Gasteiger partial charge in [-0.05, 0) is 75.5 Å². The molecule has 3 nitrogen and oxygen atoms in total. The molecule has 0 aliphatic heterocycles. The van der Waals surface area contributed by atoms with Crippen LogP contribution in [0.5, 0.6) is 0 Å². The van der Waals surface area contributed by atoms with Crippen LogP contribution in [-0.2, 0) is 0 Å². The monoisotopic (exact) mass is 565 g/mol. The predicted molar refractivity (Wildman–Crippen MR) is 180 cm³/mol. The number of rotatable bonds is 27. The molecule has 0 aromatic heterocycles. The van der Waals surface area contributed by atoms with E-state index in [1.54, 1.807) is 0 Å². The Morgan fingerprint density at radius 1 is 0.575 bits per heavy atom. The van der Waals surface area contributed by atoms with Gasteiger partial charge < -0.3 is 10.2 Å². The van der Waals surface area contributed by atoms with Crippen molar-refractivity contribution in [2.24, 2.45) is 23.7 Å². The first kappa shape index (κ1) is 39.3. The Balaban J connectivity index is 5.25. The highest BCUT2D eigenvalue weighted by molar-refractivity contribution is 5.75. The Kier molecular flexibility index (Phi) is 24.4. The number of amides is 2. The zero-order valence-corrected chi connectivity index (χ0v) is 29.2. The summed E-state index contributed by atoms with van der Waals surface area (Å²) < 4.78 is 0. The average Bonchev–Trinajstić information content (AvgIpc) is 2.89. The molecule has 0 radical (unpaired) electrons. The van der Waals surface area contributed by atoms with Crippen molar-refractivity contribution in [3.8, 4) is 0 Å². The lowest BCUT2D eigenvalue weighted by Gasteiger charge is -2.35. The lowest BCUT2D eigenvalue weighted by molar-refractivity contribution is 0.171. The number of hydrogen-bond donors (Lipinski definition) is 1. The highest BCUT2D eigenvalue weighted by Gasteiger charge is 2.28. The van der Waals surface area contributed by atoms with Gasteiger partial charge in [0.1, 0.15) is 0 Å². The fourth-order valence-electron chi connectivity index (χ4n) is 6.68. The van der Waals surface area contributed by atoms with E-state index in [2.05, 4.69) is 72.5 Å². The van der Waals surface area contributed by atoms with Crippen molar-refractivity contribution < 1.29 is 4.79 Å². The molecule has 0 rings (SSSR count). The Bertz CT molecular complexity index is 579. The number of carbonyl (C=O) groups excluding carboxylic acids is 1. The van der Waals surface area contributed by atoms with Gasteiger partial charge in [-0.25, -0.2) is 4.79 Å². The summed E-state index contributed by atoms with van der Waals surface area (Å²) in [7, 11) is 0. The molecular weight excluding hydrogens is 488 g/mol. The normalized spacial score (nSPS) is 16.2. The maximum atomic E-state index is 13.9. The minimum Gasteiger partial charge on any atom is -0.333 e. The van der Waals surface area contributed by atoms with E-state index in [4.69, 9.17) is 0 Å². The molecule has 0 aromatic rings. The molecule has 2 amide bonds. The second kappa shape index (κ2) is 24.8. The molecule has 0 heterocycles. The number of nitrogens with zero attached hydrogens (tertiary/aromatic N) is 1. The number of hydrogen-bond acceptors (Lipinski definition) is 1. The first-order valence-electron chi connectivity index (χ1n) is 18.2. The molecule has 0 saturated heterocycles. The van der Waals surface area contributed by atoms with Crippen LogP contribution >= 0.6 is 0 Å². The van der Waals surface area contributed by atoms with Crippen LogP contribution in [0, 0.1) is 23.7 Å². The van der Waals surface area contributed by atoms with Crippen LogP contribution in [0.25, 0.3) is 0 Å². The second-order valence-electron chi connectivity index (χ2n) is 14.4. The van der Waals surface area contributed by atoms with Gasteiger partial charge in [-0.15, -0.1) is 0 Å². The molecule has 0 aliphatic rings. The SMILES string of the molecule is CCCCCCCC(C)(CCCCC)NC(=O)N(CCCC(C)CC(C)CCC)CCC(C)CC(C)CCCC. The molecule has 3 heteroatoms. The number of unbranched alkanes of at least 4 members (excludes halogenated alkanes) is 7. The third-order valence-electron chi connectivity index (χ3n) is 9.32. The van der Waals surface area contributed by atoms with Crippen LogP contribution in [-0.4, -0.2) is 29.6 Å². The van der Waals surface area contributed by atoms with Crippen molar-refractivity contribution in [3.63, 3.8) is 0 Å². The zero-order valence-electron chi connectivity index (χ0n) is 29.2. The van der Waals surface area contributed by atoms with Gasteiger partial charge in [-0.2, -0.15) is 0 Å². The van der Waals surface area contributed by atoms with Gasteiger partial charge >= 0.3 is 6.03 Å². The molecule has 5 unspecified atom stereocenters. The Labute approximate surface area is 253 Å². The van der Waals surface area contributed by atoms with Crippen molar-refractivity contribution in [1.29, 1.82) is 0 Å². The highest BCUT2D eigenvalue weighted by Crippen LogP contribution is 2.25. The number of urea groups is 1. The zero-order chi connectivity index (χ0) is 30.2. The van der Waals surface area contributed by atoms with E-state index in [0.717, 1.165) is 56.5 Å². The number of nitrogens with one attached hydrogen (secondary N) is 1. The topological polar surface area (TPSA) is 32.3 Å². The first-order chi connectivity index (χ1) is 19.1. The highest BCUT2D eigenvalue weighted by atomic mass is 16.2. The van der Waals surface area contributed by atoms with E-state index in [9.17, 15) is 4.79 Å². The van der Waals surface area contributed by atoms with Gasteiger partial charge in [0.15, 0.2) is 0 Å². The third kappa shape index (κ3) is 21.0. The maximum Gasteiger partial charge on any atom is 0.317 e. The van der Waals surface area contributed by atoms with E-state index in [1.807, 2.05) is 0 Å². The van der Waals surface area contributed by atoms with Crippen molar-refractivity contribution in [2.45, 2.75) is 196 Å². The molecule has 0 bridgehead atoms. The van der Waals surface area contributed by atoms with Crippen LogP contribution in [0.1, 0.15) is 191 Å². The molecule has 0 spiro atoms. The second-order valence-corrected chi connectivity index (χ2v) is 14.4. The van der Waals surface area contributed by atoms with Gasteiger partial charge in [0.2, 0.25) is 0 Å². The van der Waals surface area contributed by atoms with Crippen molar-refractivity contribution in [2.75, 3.05) is 13.1 Å². The van der Waals surface area contributed by atoms with Crippen LogP contribution in [0.2, 0.25) is 0 Å². The Morgan fingerprint density at radius 3 is 1.62 bits per heavy atom. The van der Waals surface area contributed by atoms with Gasteiger partial charge in [0, 0.05) is 18.6 Å². The van der Waals surface area contributed by atoms with Gasteiger partial charge in [0.25, 0.3) is 0 Å². The summed E-state index contributed by atoms with van der Waals surface area (Å²) >= 11 is 0. The Hall–Kier alpha value is -0.730. The van der Waals surface area contributed by atoms with Crippen LogP contribution in [0.15, 0.2) is 0 Å². The molecule has 5 atom stereocenters. The fraction of sp³-hybridized carbons (Fsp3) is 0.973. The summed E-state index contributed by atoms with van der Waals surface area (Å²) in [5, 5.41) is 3.61. The van der Waals surface area contributed by atoms with Crippen molar-refractivity contribution in [1.82, 2.24) is 10.2 Å². The van der Waals surface area contributed by atoms with Crippen LogP contribution in [0.4, 0.5) is 4.79 Å². The van der Waals surface area contributed by atoms with Crippen LogP contribution < -0.4 is 5.32 Å². The minimum atomic E-state index is -0.0835. The average molecular weight is 565 g/mol. The largest absolute Gasteiger partial charge is 0.333 e. The van der Waals surface area contributed by atoms with E-state index in [0.29, 0.717) is 5.92 Å². The summed E-state index contributed by atoms with van der Waals surface area (Å²) in [4.78, 5) is 16.1. The Morgan fingerprint density at radius 2 is 1.05 bits per heavy atom. The summed E-state index contributed by atoms with van der Waals surface area (Å²) in [5.74, 6) is 3.02. The molecule has 1 N–H and O–H groups in total. The maximum absolute atomic E-state index is 13.9. The summed E-state index contributed by atoms with van der Waals surface area (Å²) in [6, 6.07) is 0.200. The van der Waals surface area contributed by atoms with Crippen molar-refractivity contribution >= 4 is 6.03 Å². The van der Waals surface area contributed by atoms with E-state index >= 15 is 0 Å². The summed E-state index contributed by atoms with van der Waals surface area (Å²) in [5.41, 5.74) is -0.0835. The van der Waals surface area contributed by atoms with Crippen molar-refractivity contribution in [3.05, 3.63) is 0 Å². The quantitative estimate of drug-likeness (QED) is 0.0988. The van der Waals surface area contributed by atoms with Crippen LogP contribution in [0.3, 0.4) is 0 Å². The molecule has 0 fully saturated rings. The van der Waals surface area contributed by atoms with Gasteiger partial charge in [-0.1, -0.05) is 139 Å².